The Hall–Kier alpha value is -1.24. The lowest BCUT2D eigenvalue weighted by atomic mass is 10.1. The van der Waals surface area contributed by atoms with Crippen LogP contribution in [-0.4, -0.2) is 6.61 Å². The van der Waals surface area contributed by atoms with E-state index in [0.717, 1.165) is 17.8 Å². The van der Waals surface area contributed by atoms with Crippen molar-refractivity contribution in [2.45, 2.75) is 20.3 Å². The van der Waals surface area contributed by atoms with Crippen LogP contribution < -0.4 is 0 Å². The molecular formula is C12H16O. The third-order valence-electron chi connectivity index (χ3n) is 2.04. The molecule has 0 bridgehead atoms. The summed E-state index contributed by atoms with van der Waals surface area (Å²) in [4.78, 5) is 0. The molecule has 1 heteroatoms. The number of ether oxygens (including phenoxy) is 1. The van der Waals surface area contributed by atoms with Crippen molar-refractivity contribution in [1.29, 1.82) is 0 Å². The average molecular weight is 176 g/mol. The second kappa shape index (κ2) is 4.70. The fourth-order valence-corrected chi connectivity index (χ4v) is 1.28. The van der Waals surface area contributed by atoms with Crippen LogP contribution >= 0.6 is 0 Å². The van der Waals surface area contributed by atoms with Crippen LogP contribution in [0, 0.1) is 0 Å². The molecule has 0 spiro atoms. The molecule has 0 saturated carbocycles. The molecule has 1 heterocycles. The predicted octanol–water partition coefficient (Wildman–Crippen LogP) is 3.37. The van der Waals surface area contributed by atoms with Crippen molar-refractivity contribution in [2.75, 3.05) is 6.61 Å². The van der Waals surface area contributed by atoms with Crippen LogP contribution in [0.2, 0.25) is 0 Å². The summed E-state index contributed by atoms with van der Waals surface area (Å²) in [5.41, 5.74) is 2.46. The fraction of sp³-hybridized carbons (Fsp3) is 0.333. The van der Waals surface area contributed by atoms with Crippen LogP contribution in [-0.2, 0) is 4.74 Å². The molecule has 13 heavy (non-hydrogen) atoms. The van der Waals surface area contributed by atoms with Crippen LogP contribution in [0.25, 0.3) is 0 Å². The molecule has 0 unspecified atom stereocenters. The van der Waals surface area contributed by atoms with Gasteiger partial charge in [0.1, 0.15) is 12.4 Å². The van der Waals surface area contributed by atoms with Gasteiger partial charge >= 0.3 is 0 Å². The van der Waals surface area contributed by atoms with Crippen molar-refractivity contribution in [2.24, 2.45) is 0 Å². The Morgan fingerprint density at radius 3 is 2.92 bits per heavy atom. The van der Waals surface area contributed by atoms with Crippen LogP contribution in [0.3, 0.4) is 0 Å². The maximum absolute atomic E-state index is 5.54. The number of hydrogen-bond donors (Lipinski definition) is 0. The van der Waals surface area contributed by atoms with Gasteiger partial charge < -0.3 is 4.74 Å². The molecule has 70 valence electrons. The van der Waals surface area contributed by atoms with E-state index in [4.69, 9.17) is 4.74 Å². The van der Waals surface area contributed by atoms with Gasteiger partial charge in [-0.05, 0) is 31.1 Å². The van der Waals surface area contributed by atoms with Crippen molar-refractivity contribution in [3.8, 4) is 0 Å². The van der Waals surface area contributed by atoms with Gasteiger partial charge in [-0.3, -0.25) is 0 Å². The summed E-state index contributed by atoms with van der Waals surface area (Å²) in [6.07, 6.45) is 9.05. The fourth-order valence-electron chi connectivity index (χ4n) is 1.28. The first kappa shape index (κ1) is 9.85. The first-order chi connectivity index (χ1) is 6.31. The maximum atomic E-state index is 5.54. The van der Waals surface area contributed by atoms with Gasteiger partial charge in [0.25, 0.3) is 0 Å². The summed E-state index contributed by atoms with van der Waals surface area (Å²) < 4.78 is 5.54. The Bertz CT molecular complexity index is 279. The Kier molecular flexibility index (Phi) is 3.56. The third kappa shape index (κ3) is 2.35. The Labute approximate surface area is 80.1 Å². The lowest BCUT2D eigenvalue weighted by Crippen LogP contribution is -2.04. The molecule has 0 aromatic rings. The molecule has 1 rings (SSSR count). The van der Waals surface area contributed by atoms with Gasteiger partial charge in [0.05, 0.1) is 0 Å². The highest BCUT2D eigenvalue weighted by molar-refractivity contribution is 5.41. The van der Waals surface area contributed by atoms with E-state index in [1.54, 1.807) is 6.08 Å². The SMILES string of the molecule is C=CC1=C(/C=C\C)C=C(CC)CO1. The van der Waals surface area contributed by atoms with E-state index in [1.807, 2.05) is 19.1 Å². The van der Waals surface area contributed by atoms with Crippen LogP contribution in [0.15, 0.2) is 47.8 Å². The van der Waals surface area contributed by atoms with Gasteiger partial charge in [-0.1, -0.05) is 25.7 Å². The minimum atomic E-state index is 0.707. The van der Waals surface area contributed by atoms with Gasteiger partial charge in [-0.2, -0.15) is 0 Å². The van der Waals surface area contributed by atoms with Crippen molar-refractivity contribution in [3.05, 3.63) is 47.8 Å². The van der Waals surface area contributed by atoms with E-state index in [1.165, 1.54) is 5.57 Å². The highest BCUT2D eigenvalue weighted by Gasteiger charge is 2.08. The van der Waals surface area contributed by atoms with Crippen molar-refractivity contribution < 1.29 is 4.74 Å². The second-order valence-corrected chi connectivity index (χ2v) is 2.97. The van der Waals surface area contributed by atoms with E-state index in [-0.39, 0.29) is 0 Å². The summed E-state index contributed by atoms with van der Waals surface area (Å²) in [5, 5.41) is 0. The van der Waals surface area contributed by atoms with E-state index in [0.29, 0.717) is 6.61 Å². The molecule has 0 aromatic carbocycles. The summed E-state index contributed by atoms with van der Waals surface area (Å²) in [7, 11) is 0. The zero-order valence-electron chi connectivity index (χ0n) is 8.34. The topological polar surface area (TPSA) is 9.23 Å². The molecule has 0 N–H and O–H groups in total. The minimum Gasteiger partial charge on any atom is -0.489 e. The zero-order valence-corrected chi connectivity index (χ0v) is 8.34. The van der Waals surface area contributed by atoms with Gasteiger partial charge in [0, 0.05) is 5.57 Å². The first-order valence-corrected chi connectivity index (χ1v) is 4.63. The highest BCUT2D eigenvalue weighted by atomic mass is 16.5. The van der Waals surface area contributed by atoms with Crippen LogP contribution in [0.1, 0.15) is 20.3 Å². The number of rotatable bonds is 3. The summed E-state index contributed by atoms with van der Waals surface area (Å²) >= 11 is 0. The van der Waals surface area contributed by atoms with Gasteiger partial charge in [-0.25, -0.2) is 0 Å². The van der Waals surface area contributed by atoms with E-state index >= 15 is 0 Å². The molecule has 0 fully saturated rings. The smallest absolute Gasteiger partial charge is 0.126 e. The molecule has 0 radical (unpaired) electrons. The standard InChI is InChI=1S/C12H16O/c1-4-7-11-8-10(5-2)9-13-12(11)6-3/h4,6-8H,3,5,9H2,1-2H3/b7-4-. The van der Waals surface area contributed by atoms with E-state index in [9.17, 15) is 0 Å². The van der Waals surface area contributed by atoms with Gasteiger partial charge in [0.15, 0.2) is 0 Å². The molecule has 0 atom stereocenters. The molecule has 1 nitrogen and oxygen atoms in total. The van der Waals surface area contributed by atoms with Crippen molar-refractivity contribution in [3.63, 3.8) is 0 Å². The monoisotopic (exact) mass is 176 g/mol. The highest BCUT2D eigenvalue weighted by Crippen LogP contribution is 2.21. The minimum absolute atomic E-state index is 0.707. The van der Waals surface area contributed by atoms with Crippen molar-refractivity contribution in [1.82, 2.24) is 0 Å². The number of allylic oxidation sites excluding steroid dienone is 5. The Balaban J connectivity index is 2.97. The quantitative estimate of drug-likeness (QED) is 0.640. The maximum Gasteiger partial charge on any atom is 0.126 e. The first-order valence-electron chi connectivity index (χ1n) is 4.63. The predicted molar refractivity (Wildman–Crippen MR) is 56.4 cm³/mol. The van der Waals surface area contributed by atoms with Crippen LogP contribution in [0.5, 0.6) is 0 Å². The normalized spacial score (nSPS) is 17.2. The average Bonchev–Trinajstić information content (AvgIpc) is 2.18. The van der Waals surface area contributed by atoms with Gasteiger partial charge in [-0.15, -0.1) is 0 Å². The Morgan fingerprint density at radius 2 is 2.38 bits per heavy atom. The lowest BCUT2D eigenvalue weighted by Gasteiger charge is -2.16. The molecular weight excluding hydrogens is 160 g/mol. The van der Waals surface area contributed by atoms with E-state index < -0.39 is 0 Å². The second-order valence-electron chi connectivity index (χ2n) is 2.97. The van der Waals surface area contributed by atoms with E-state index in [2.05, 4.69) is 19.6 Å². The number of hydrogen-bond acceptors (Lipinski definition) is 1. The molecule has 0 amide bonds. The molecule has 0 aromatic heterocycles. The molecule has 1 aliphatic rings. The molecule has 0 aliphatic carbocycles. The Morgan fingerprint density at radius 1 is 1.62 bits per heavy atom. The van der Waals surface area contributed by atoms with Gasteiger partial charge in [0.2, 0.25) is 0 Å². The third-order valence-corrected chi connectivity index (χ3v) is 2.04. The zero-order chi connectivity index (χ0) is 9.68. The molecule has 0 saturated heterocycles. The lowest BCUT2D eigenvalue weighted by molar-refractivity contribution is 0.243. The largest absolute Gasteiger partial charge is 0.489 e. The summed E-state index contributed by atoms with van der Waals surface area (Å²) in [5.74, 6) is 0.885. The van der Waals surface area contributed by atoms with Crippen LogP contribution in [0.4, 0.5) is 0 Å². The van der Waals surface area contributed by atoms with Crippen molar-refractivity contribution >= 4 is 0 Å². The summed E-state index contributed by atoms with van der Waals surface area (Å²) in [6.45, 7) is 8.57. The molecule has 1 aliphatic heterocycles. The summed E-state index contributed by atoms with van der Waals surface area (Å²) in [6, 6.07) is 0.